The molecule has 0 radical (unpaired) electrons. The molecule has 9 heteroatoms. The molecule has 8 nitrogen and oxygen atoms in total. The van der Waals surface area contributed by atoms with Gasteiger partial charge in [-0.3, -0.25) is 4.79 Å². The van der Waals surface area contributed by atoms with Crippen molar-refractivity contribution in [2.45, 2.75) is 6.92 Å². The highest BCUT2D eigenvalue weighted by Gasteiger charge is 2.16. The first kappa shape index (κ1) is 18.7. The molecule has 0 aliphatic rings. The Morgan fingerprint density at radius 2 is 2.00 bits per heavy atom. The van der Waals surface area contributed by atoms with Gasteiger partial charge in [-0.25, -0.2) is 4.98 Å². The lowest BCUT2D eigenvalue weighted by Crippen LogP contribution is -2.14. The van der Waals surface area contributed by atoms with E-state index in [1.54, 1.807) is 48.5 Å². The first-order valence-electron chi connectivity index (χ1n) is 8.72. The van der Waals surface area contributed by atoms with Gasteiger partial charge in [-0.15, -0.1) is 10.2 Å². The van der Waals surface area contributed by atoms with Crippen LogP contribution in [0.4, 0.5) is 5.82 Å². The van der Waals surface area contributed by atoms with Crippen molar-refractivity contribution >= 4 is 23.3 Å². The minimum atomic E-state index is -0.401. The molecule has 146 valence electrons. The number of carbonyl (C=O) groups is 1. The van der Waals surface area contributed by atoms with Gasteiger partial charge in [-0.2, -0.15) is 0 Å². The topological polar surface area (TPSA) is 103 Å². The van der Waals surface area contributed by atoms with E-state index in [0.717, 1.165) is 0 Å². The molecule has 0 atom stereocenters. The summed E-state index contributed by atoms with van der Waals surface area (Å²) < 4.78 is 16.3. The van der Waals surface area contributed by atoms with Crippen molar-refractivity contribution in [2.75, 3.05) is 11.9 Å². The van der Waals surface area contributed by atoms with Crippen molar-refractivity contribution < 1.29 is 18.4 Å². The zero-order valence-electron chi connectivity index (χ0n) is 15.3. The van der Waals surface area contributed by atoms with Crippen LogP contribution in [0.2, 0.25) is 5.02 Å². The largest absolute Gasteiger partial charge is 0.493 e. The molecule has 4 aromatic rings. The second-order valence-corrected chi connectivity index (χ2v) is 6.26. The van der Waals surface area contributed by atoms with Crippen molar-refractivity contribution in [2.24, 2.45) is 0 Å². The Morgan fingerprint density at radius 3 is 2.79 bits per heavy atom. The second-order valence-electron chi connectivity index (χ2n) is 5.83. The van der Waals surface area contributed by atoms with E-state index in [2.05, 4.69) is 20.5 Å². The molecule has 0 bridgehead atoms. The van der Waals surface area contributed by atoms with Crippen LogP contribution in [0.3, 0.4) is 0 Å². The quantitative estimate of drug-likeness (QED) is 0.491. The Kier molecular flexibility index (Phi) is 5.26. The van der Waals surface area contributed by atoms with Gasteiger partial charge in [0.1, 0.15) is 17.3 Å². The smallest absolute Gasteiger partial charge is 0.283 e. The van der Waals surface area contributed by atoms with E-state index in [1.807, 2.05) is 6.92 Å². The molecular weight excluding hydrogens is 396 g/mol. The zero-order chi connectivity index (χ0) is 20.2. The molecule has 1 amide bonds. The highest BCUT2D eigenvalue weighted by molar-refractivity contribution is 6.31. The van der Waals surface area contributed by atoms with Gasteiger partial charge in [-0.1, -0.05) is 17.7 Å². The molecule has 0 aliphatic carbocycles. The fraction of sp³-hybridized carbons (Fsp3) is 0.100. The number of pyridine rings is 1. The number of halogens is 1. The monoisotopic (exact) mass is 410 g/mol. The summed E-state index contributed by atoms with van der Waals surface area (Å²) >= 11 is 6.03. The predicted molar refractivity (Wildman–Crippen MR) is 106 cm³/mol. The summed E-state index contributed by atoms with van der Waals surface area (Å²) in [5.41, 5.74) is 0.716. The van der Waals surface area contributed by atoms with Crippen LogP contribution in [0, 0.1) is 0 Å². The van der Waals surface area contributed by atoms with E-state index in [1.165, 1.54) is 6.26 Å². The van der Waals surface area contributed by atoms with Crippen LogP contribution in [0.1, 0.15) is 17.3 Å². The predicted octanol–water partition coefficient (Wildman–Crippen LogP) is 4.70. The summed E-state index contributed by atoms with van der Waals surface area (Å²) in [7, 11) is 0. The highest BCUT2D eigenvalue weighted by atomic mass is 35.5. The normalized spacial score (nSPS) is 10.7. The lowest BCUT2D eigenvalue weighted by molar-refractivity contribution is 0.102. The number of hydrogen-bond acceptors (Lipinski definition) is 7. The molecule has 1 aromatic carbocycles. The molecule has 29 heavy (non-hydrogen) atoms. The average molecular weight is 411 g/mol. The van der Waals surface area contributed by atoms with E-state index in [-0.39, 0.29) is 11.8 Å². The number of hydrogen-bond donors (Lipinski definition) is 1. The summed E-state index contributed by atoms with van der Waals surface area (Å²) in [6.45, 7) is 2.26. The van der Waals surface area contributed by atoms with Crippen molar-refractivity contribution in [1.82, 2.24) is 15.2 Å². The van der Waals surface area contributed by atoms with Gasteiger partial charge in [0, 0.05) is 5.02 Å². The number of carbonyl (C=O) groups excluding carboxylic acids is 1. The SMILES string of the molecule is CCOc1ccc(Cl)cc1C(=O)Nc1cccc(-c2nnc(-c3ccco3)o2)n1. The Morgan fingerprint density at radius 1 is 1.14 bits per heavy atom. The molecule has 0 saturated heterocycles. The fourth-order valence-electron chi connectivity index (χ4n) is 2.59. The number of benzene rings is 1. The summed E-state index contributed by atoms with van der Waals surface area (Å²) in [4.78, 5) is 17.1. The molecule has 0 unspecified atom stereocenters. The number of aromatic nitrogens is 3. The average Bonchev–Trinajstić information content (AvgIpc) is 3.41. The summed E-state index contributed by atoms with van der Waals surface area (Å²) in [6, 6.07) is 13.3. The number of furan rings is 1. The van der Waals surface area contributed by atoms with Crippen LogP contribution in [0.5, 0.6) is 5.75 Å². The van der Waals surface area contributed by atoms with Gasteiger partial charge in [0.15, 0.2) is 5.76 Å². The van der Waals surface area contributed by atoms with Crippen molar-refractivity contribution in [3.8, 4) is 29.0 Å². The Labute approximate surface area is 170 Å². The van der Waals surface area contributed by atoms with Gasteiger partial charge in [0.25, 0.3) is 17.7 Å². The molecule has 0 spiro atoms. The van der Waals surface area contributed by atoms with Crippen LogP contribution >= 0.6 is 11.6 Å². The number of nitrogens with zero attached hydrogens (tertiary/aromatic N) is 3. The Hall–Kier alpha value is -3.65. The van der Waals surface area contributed by atoms with Crippen molar-refractivity contribution in [3.05, 3.63) is 65.4 Å². The van der Waals surface area contributed by atoms with E-state index in [4.69, 9.17) is 25.2 Å². The first-order valence-corrected chi connectivity index (χ1v) is 9.10. The van der Waals surface area contributed by atoms with Gasteiger partial charge < -0.3 is 18.9 Å². The third kappa shape index (κ3) is 4.12. The van der Waals surface area contributed by atoms with Gasteiger partial charge >= 0.3 is 0 Å². The van der Waals surface area contributed by atoms with Crippen LogP contribution in [0.25, 0.3) is 23.2 Å². The number of nitrogens with one attached hydrogen (secondary N) is 1. The minimum absolute atomic E-state index is 0.199. The molecule has 3 aromatic heterocycles. The third-order valence-corrected chi connectivity index (χ3v) is 4.09. The van der Waals surface area contributed by atoms with E-state index >= 15 is 0 Å². The van der Waals surface area contributed by atoms with E-state index in [9.17, 15) is 4.79 Å². The summed E-state index contributed by atoms with van der Waals surface area (Å²) in [5, 5.41) is 11.1. The first-order chi connectivity index (χ1) is 14.1. The van der Waals surface area contributed by atoms with Gasteiger partial charge in [-0.05, 0) is 49.4 Å². The number of rotatable bonds is 6. The standard InChI is InChI=1S/C20H15ClN4O4/c1-2-27-15-9-8-12(21)11-13(15)18(26)23-17-7-3-5-14(22-17)19-24-25-20(29-19)16-6-4-10-28-16/h3-11H,2H2,1H3,(H,22,23,26). The molecule has 4 rings (SSSR count). The van der Waals surface area contributed by atoms with Gasteiger partial charge in [0.05, 0.1) is 18.4 Å². The van der Waals surface area contributed by atoms with Crippen LogP contribution < -0.4 is 10.1 Å². The number of ether oxygens (including phenoxy) is 1. The lowest BCUT2D eigenvalue weighted by Gasteiger charge is -2.11. The third-order valence-electron chi connectivity index (χ3n) is 3.85. The molecule has 3 heterocycles. The van der Waals surface area contributed by atoms with E-state index < -0.39 is 5.91 Å². The maximum Gasteiger partial charge on any atom is 0.283 e. The molecule has 1 N–H and O–H groups in total. The van der Waals surface area contributed by atoms with Crippen LogP contribution in [-0.4, -0.2) is 27.7 Å². The van der Waals surface area contributed by atoms with E-state index in [0.29, 0.717) is 40.2 Å². The minimum Gasteiger partial charge on any atom is -0.493 e. The maximum absolute atomic E-state index is 12.7. The number of anilines is 1. The Balaban J connectivity index is 1.57. The molecule has 0 fully saturated rings. The number of amides is 1. The van der Waals surface area contributed by atoms with Crippen molar-refractivity contribution in [3.63, 3.8) is 0 Å². The molecule has 0 saturated carbocycles. The highest BCUT2D eigenvalue weighted by Crippen LogP contribution is 2.26. The second kappa shape index (κ2) is 8.15. The summed E-state index contributed by atoms with van der Waals surface area (Å²) in [5.74, 6) is 1.24. The summed E-state index contributed by atoms with van der Waals surface area (Å²) in [6.07, 6.45) is 1.51. The van der Waals surface area contributed by atoms with Crippen LogP contribution in [-0.2, 0) is 0 Å². The maximum atomic E-state index is 12.7. The zero-order valence-corrected chi connectivity index (χ0v) is 16.0. The fourth-order valence-corrected chi connectivity index (χ4v) is 2.77. The molecular formula is C20H15ClN4O4. The van der Waals surface area contributed by atoms with Gasteiger partial charge in [0.2, 0.25) is 0 Å². The van der Waals surface area contributed by atoms with Crippen molar-refractivity contribution in [1.29, 1.82) is 0 Å². The lowest BCUT2D eigenvalue weighted by atomic mass is 10.2. The Bertz CT molecular complexity index is 1140. The molecule has 0 aliphatic heterocycles. The van der Waals surface area contributed by atoms with Crippen LogP contribution in [0.15, 0.2) is 63.6 Å².